The molecule has 1 aliphatic heterocycles. The van der Waals surface area contributed by atoms with E-state index >= 15 is 0 Å². The lowest BCUT2D eigenvalue weighted by Crippen LogP contribution is -2.56. The van der Waals surface area contributed by atoms with Crippen molar-refractivity contribution >= 4 is 17.7 Å². The summed E-state index contributed by atoms with van der Waals surface area (Å²) in [5, 5.41) is 26.8. The van der Waals surface area contributed by atoms with Crippen LogP contribution in [0.4, 0.5) is 0 Å². The molecule has 4 aliphatic rings. The normalized spacial score (nSPS) is 26.6. The van der Waals surface area contributed by atoms with Gasteiger partial charge in [0.05, 0.1) is 24.9 Å². The number of nitrogens with one attached hydrogen (secondary N) is 2. The van der Waals surface area contributed by atoms with E-state index < -0.39 is 24.6 Å². The van der Waals surface area contributed by atoms with Gasteiger partial charge in [0, 0.05) is 71.6 Å². The lowest BCUT2D eigenvalue weighted by Gasteiger charge is -2.44. The third-order valence-electron chi connectivity index (χ3n) is 18.9. The van der Waals surface area contributed by atoms with Gasteiger partial charge in [0.15, 0.2) is 6.29 Å². The Labute approximate surface area is 488 Å². The summed E-state index contributed by atoms with van der Waals surface area (Å²) < 4.78 is 17.6. The Morgan fingerprint density at radius 1 is 0.775 bits per heavy atom. The number of fused-ring (bicyclic) bond motifs is 1. The van der Waals surface area contributed by atoms with Crippen LogP contribution in [0.25, 0.3) is 0 Å². The second kappa shape index (κ2) is 39.6. The number of carbonyl (C=O) groups is 3. The Hall–Kier alpha value is -2.87. The van der Waals surface area contributed by atoms with E-state index in [4.69, 9.17) is 14.2 Å². The second-order valence-electron chi connectivity index (χ2n) is 25.6. The van der Waals surface area contributed by atoms with Crippen molar-refractivity contribution in [2.24, 2.45) is 35.0 Å². The van der Waals surface area contributed by atoms with Gasteiger partial charge in [-0.05, 0) is 144 Å². The number of nitrogens with zero attached hydrogens (tertiary/aromatic N) is 2. The van der Waals surface area contributed by atoms with Crippen LogP contribution in [0, 0.1) is 35.0 Å². The minimum absolute atomic E-state index is 0.110. The van der Waals surface area contributed by atoms with Gasteiger partial charge < -0.3 is 44.9 Å². The summed E-state index contributed by atoms with van der Waals surface area (Å²) in [5.74, 6) is 2.93. The van der Waals surface area contributed by atoms with E-state index in [-0.39, 0.29) is 36.3 Å². The highest BCUT2D eigenvalue weighted by Gasteiger charge is 2.50. The Morgan fingerprint density at radius 2 is 1.46 bits per heavy atom. The zero-order chi connectivity index (χ0) is 58.1. The summed E-state index contributed by atoms with van der Waals surface area (Å²) in [4.78, 5) is 43.7. The SMILES string of the molecule is C=C1CCC(OCCN(CCCN(CCCCNCCC(=O)NCC2OC(OC)[C@@H](O)[C@@H](O)[C@H]2C)C(=O)CC)C(=O)CCCCCCC/C=C\CCCCCCCC)C/C1=C/C=C1\CCC[C@@]2(C)C1CC[C@@H]2[C@H](C)CCCC(C)C. The quantitative estimate of drug-likeness (QED) is 0.0347. The average molecular weight is 1120 g/mol. The number of rotatable bonds is 41. The van der Waals surface area contributed by atoms with Crippen molar-refractivity contribution in [2.75, 3.05) is 59.5 Å². The first-order valence-electron chi connectivity index (χ1n) is 33.0. The maximum absolute atomic E-state index is 14.0. The predicted octanol–water partition coefficient (Wildman–Crippen LogP) is 13.7. The predicted molar refractivity (Wildman–Crippen MR) is 329 cm³/mol. The van der Waals surface area contributed by atoms with Crippen LogP contribution in [0.3, 0.4) is 0 Å². The van der Waals surface area contributed by atoms with Gasteiger partial charge in [-0.25, -0.2) is 0 Å². The van der Waals surface area contributed by atoms with Crippen molar-refractivity contribution in [3.8, 4) is 0 Å². The minimum Gasteiger partial charge on any atom is -0.390 e. The summed E-state index contributed by atoms with van der Waals surface area (Å²) in [6.07, 6.45) is 39.3. The largest absolute Gasteiger partial charge is 0.390 e. The molecule has 4 N–H and O–H groups in total. The molecular weight excluding hydrogens is 1000 g/mol. The second-order valence-corrected chi connectivity index (χ2v) is 25.6. The highest BCUT2D eigenvalue weighted by Crippen LogP contribution is 2.60. The molecule has 0 aromatic heterocycles. The first kappa shape index (κ1) is 69.6. The number of aliphatic hydroxyl groups is 2. The van der Waals surface area contributed by atoms with E-state index in [9.17, 15) is 24.6 Å². The smallest absolute Gasteiger partial charge is 0.222 e. The molecule has 3 amide bonds. The van der Waals surface area contributed by atoms with Crippen molar-refractivity contribution in [3.63, 3.8) is 0 Å². The molecule has 10 atom stereocenters. The highest BCUT2D eigenvalue weighted by molar-refractivity contribution is 5.77. The lowest BCUT2D eigenvalue weighted by molar-refractivity contribution is -0.274. The molecule has 4 rings (SSSR count). The summed E-state index contributed by atoms with van der Waals surface area (Å²) in [7, 11) is 1.41. The fraction of sp³-hybridized carbons (Fsp3) is 0.838. The molecule has 0 bridgehead atoms. The molecule has 4 fully saturated rings. The fourth-order valence-corrected chi connectivity index (χ4v) is 13.7. The molecule has 460 valence electrons. The molecule has 3 saturated carbocycles. The lowest BCUT2D eigenvalue weighted by atomic mass is 9.60. The van der Waals surface area contributed by atoms with Crippen molar-refractivity contribution in [1.29, 1.82) is 0 Å². The van der Waals surface area contributed by atoms with Crippen LogP contribution < -0.4 is 10.6 Å². The van der Waals surface area contributed by atoms with E-state index in [0.29, 0.717) is 69.9 Å². The molecule has 12 heteroatoms. The number of methoxy groups -OCH3 is 1. The van der Waals surface area contributed by atoms with Crippen LogP contribution in [-0.4, -0.2) is 128 Å². The first-order chi connectivity index (χ1) is 38.6. The summed E-state index contributed by atoms with van der Waals surface area (Å²) in [6, 6.07) is 0. The van der Waals surface area contributed by atoms with Crippen molar-refractivity contribution in [1.82, 2.24) is 20.4 Å². The van der Waals surface area contributed by atoms with Crippen LogP contribution >= 0.6 is 0 Å². The molecule has 0 aromatic rings. The zero-order valence-corrected chi connectivity index (χ0v) is 52.4. The number of carbonyl (C=O) groups excluding carboxylic acids is 3. The number of amides is 3. The number of ether oxygens (including phenoxy) is 3. The Kier molecular flexibility index (Phi) is 34.5. The van der Waals surface area contributed by atoms with Crippen molar-refractivity contribution < 1.29 is 38.8 Å². The van der Waals surface area contributed by atoms with Crippen LogP contribution in [0.15, 0.2) is 47.6 Å². The van der Waals surface area contributed by atoms with Crippen molar-refractivity contribution in [3.05, 3.63) is 47.6 Å². The third-order valence-corrected chi connectivity index (χ3v) is 18.9. The molecule has 1 heterocycles. The molecular formula is C68H120N4O8. The van der Waals surface area contributed by atoms with Gasteiger partial charge in [0.1, 0.15) is 6.10 Å². The van der Waals surface area contributed by atoms with Gasteiger partial charge in [-0.1, -0.05) is 161 Å². The topological polar surface area (TPSA) is 150 Å². The number of hydrogen-bond acceptors (Lipinski definition) is 9. The first-order valence-corrected chi connectivity index (χ1v) is 33.0. The molecule has 0 aromatic carbocycles. The monoisotopic (exact) mass is 1120 g/mol. The summed E-state index contributed by atoms with van der Waals surface area (Å²) in [6.45, 7) is 24.8. The molecule has 80 heavy (non-hydrogen) atoms. The molecule has 1 saturated heterocycles. The maximum Gasteiger partial charge on any atom is 0.222 e. The van der Waals surface area contributed by atoms with Gasteiger partial charge in [0.2, 0.25) is 17.7 Å². The number of allylic oxidation sites excluding steroid dienone is 6. The standard InChI is InChI=1S/C68H120N4O8/c1-10-12-13-14-15-16-17-18-19-20-21-22-23-24-25-34-64(75)72(47-30-46-71(63(74)11-2)45-27-26-43-69-44-41-62(73)70-51-61-55(7)65(76)66(77)67(78-9)80-61)48-49-79-58-38-35-53(5)57(50-58)37-36-56-33-29-42-68(8)59(39-40-60(56)68)54(6)32-28-31-52(3)4/h18-19,36-37,52,54-55,58-61,65-67,69,76-77H,5,10-17,20-35,38-51H2,1-4,6-9H3,(H,70,73)/b19-18-,56-36+,57-37-/t54-,55+,58?,59-,60?,61?,65+,66+,67?,68-/m1/s1. The van der Waals surface area contributed by atoms with Crippen LogP contribution in [-0.2, 0) is 28.6 Å². The van der Waals surface area contributed by atoms with Gasteiger partial charge in [-0.2, -0.15) is 0 Å². The van der Waals surface area contributed by atoms with E-state index in [2.05, 4.69) is 76.1 Å². The minimum atomic E-state index is -1.14. The van der Waals surface area contributed by atoms with E-state index in [0.717, 1.165) is 88.5 Å². The number of unbranched alkanes of at least 4 members (excludes halogenated alkanes) is 12. The fourth-order valence-electron chi connectivity index (χ4n) is 13.7. The Bertz CT molecular complexity index is 1850. The third kappa shape index (κ3) is 24.8. The van der Waals surface area contributed by atoms with Crippen molar-refractivity contribution in [2.45, 2.75) is 272 Å². The average Bonchev–Trinajstić information content (AvgIpc) is 3.81. The summed E-state index contributed by atoms with van der Waals surface area (Å²) >= 11 is 0. The number of aliphatic hydroxyl groups excluding tert-OH is 2. The Morgan fingerprint density at radius 3 is 2.16 bits per heavy atom. The van der Waals surface area contributed by atoms with Crippen LogP contribution in [0.2, 0.25) is 0 Å². The highest BCUT2D eigenvalue weighted by atomic mass is 16.7. The van der Waals surface area contributed by atoms with Crippen LogP contribution in [0.1, 0.15) is 241 Å². The molecule has 0 radical (unpaired) electrons. The van der Waals surface area contributed by atoms with E-state index in [1.165, 1.54) is 127 Å². The van der Waals surface area contributed by atoms with Gasteiger partial charge >= 0.3 is 0 Å². The maximum atomic E-state index is 14.0. The molecule has 12 nitrogen and oxygen atoms in total. The van der Waals surface area contributed by atoms with Gasteiger partial charge in [-0.15, -0.1) is 0 Å². The molecule has 0 spiro atoms. The Balaban J connectivity index is 1.24. The summed E-state index contributed by atoms with van der Waals surface area (Å²) in [5.41, 5.74) is 4.65. The number of hydrogen-bond donors (Lipinski definition) is 4. The van der Waals surface area contributed by atoms with E-state index in [1.807, 2.05) is 16.7 Å². The zero-order valence-electron chi connectivity index (χ0n) is 52.4. The van der Waals surface area contributed by atoms with E-state index in [1.54, 1.807) is 12.5 Å². The van der Waals surface area contributed by atoms with Crippen LogP contribution in [0.5, 0.6) is 0 Å². The van der Waals surface area contributed by atoms with Gasteiger partial charge in [0.25, 0.3) is 0 Å². The molecule has 4 unspecified atom stereocenters. The van der Waals surface area contributed by atoms with Gasteiger partial charge in [-0.3, -0.25) is 14.4 Å². The molecule has 3 aliphatic carbocycles.